The van der Waals surface area contributed by atoms with Gasteiger partial charge >= 0.3 is 0 Å². The van der Waals surface area contributed by atoms with Crippen LogP contribution in [0.2, 0.25) is 0 Å². The summed E-state index contributed by atoms with van der Waals surface area (Å²) in [4.78, 5) is 12.0. The molecule has 0 atom stereocenters. The van der Waals surface area contributed by atoms with E-state index in [1.165, 1.54) is 0 Å². The van der Waals surface area contributed by atoms with Crippen molar-refractivity contribution in [2.45, 2.75) is 41.5 Å². The average molecular weight is 286 g/mol. The SMILES string of the molecule is CC.CC.CC.O=c1c2ccccc2oc2ccccc12. The third kappa shape index (κ3) is 4.45. The van der Waals surface area contributed by atoms with Gasteiger partial charge in [-0.05, 0) is 24.3 Å². The van der Waals surface area contributed by atoms with E-state index in [9.17, 15) is 4.79 Å². The van der Waals surface area contributed by atoms with Crippen LogP contribution in [0.4, 0.5) is 0 Å². The lowest BCUT2D eigenvalue weighted by atomic mass is 10.1. The van der Waals surface area contributed by atoms with E-state index < -0.39 is 0 Å². The fraction of sp³-hybridized carbons (Fsp3) is 0.316. The third-order valence-electron chi connectivity index (χ3n) is 2.48. The highest BCUT2D eigenvalue weighted by Gasteiger charge is 2.04. The van der Waals surface area contributed by atoms with E-state index >= 15 is 0 Å². The van der Waals surface area contributed by atoms with Crippen molar-refractivity contribution in [2.75, 3.05) is 0 Å². The van der Waals surface area contributed by atoms with Gasteiger partial charge in [0.1, 0.15) is 11.2 Å². The van der Waals surface area contributed by atoms with Crippen LogP contribution >= 0.6 is 0 Å². The largest absolute Gasteiger partial charge is 0.456 e. The minimum Gasteiger partial charge on any atom is -0.456 e. The van der Waals surface area contributed by atoms with Gasteiger partial charge in [-0.3, -0.25) is 4.79 Å². The topological polar surface area (TPSA) is 30.2 Å². The predicted octanol–water partition coefficient (Wildman–Crippen LogP) is 6.02. The Morgan fingerprint density at radius 1 is 0.619 bits per heavy atom. The highest BCUT2D eigenvalue weighted by atomic mass is 16.3. The van der Waals surface area contributed by atoms with E-state index in [0.717, 1.165) is 0 Å². The van der Waals surface area contributed by atoms with Crippen molar-refractivity contribution in [1.29, 1.82) is 0 Å². The second-order valence-corrected chi connectivity index (χ2v) is 3.42. The molecule has 0 aliphatic rings. The van der Waals surface area contributed by atoms with E-state index in [0.29, 0.717) is 21.9 Å². The maximum Gasteiger partial charge on any atom is 0.200 e. The van der Waals surface area contributed by atoms with Gasteiger partial charge in [-0.15, -0.1) is 0 Å². The summed E-state index contributed by atoms with van der Waals surface area (Å²) in [6.07, 6.45) is 0. The molecule has 2 aromatic carbocycles. The first-order valence-corrected chi connectivity index (χ1v) is 7.77. The smallest absolute Gasteiger partial charge is 0.200 e. The molecule has 0 radical (unpaired) electrons. The second kappa shape index (κ2) is 10.7. The van der Waals surface area contributed by atoms with Crippen molar-refractivity contribution < 1.29 is 4.42 Å². The number of para-hydroxylation sites is 2. The molecule has 0 N–H and O–H groups in total. The molecule has 2 nitrogen and oxygen atoms in total. The highest BCUT2D eigenvalue weighted by molar-refractivity contribution is 5.89. The summed E-state index contributed by atoms with van der Waals surface area (Å²) in [6.45, 7) is 12.0. The highest BCUT2D eigenvalue weighted by Crippen LogP contribution is 2.17. The lowest BCUT2D eigenvalue weighted by Gasteiger charge is -1.99. The zero-order valence-corrected chi connectivity index (χ0v) is 13.9. The van der Waals surface area contributed by atoms with Crippen molar-refractivity contribution in [3.63, 3.8) is 0 Å². The van der Waals surface area contributed by atoms with Crippen molar-refractivity contribution in [1.82, 2.24) is 0 Å². The molecule has 0 saturated carbocycles. The third-order valence-corrected chi connectivity index (χ3v) is 2.48. The van der Waals surface area contributed by atoms with Crippen molar-refractivity contribution in [2.24, 2.45) is 0 Å². The van der Waals surface area contributed by atoms with Gasteiger partial charge in [0, 0.05) is 0 Å². The summed E-state index contributed by atoms with van der Waals surface area (Å²) in [5.74, 6) is 0. The van der Waals surface area contributed by atoms with Crippen LogP contribution in [0, 0.1) is 0 Å². The molecule has 114 valence electrons. The molecule has 0 amide bonds. The van der Waals surface area contributed by atoms with Crippen LogP contribution in [0.5, 0.6) is 0 Å². The summed E-state index contributed by atoms with van der Waals surface area (Å²) in [5.41, 5.74) is 1.31. The van der Waals surface area contributed by atoms with Crippen LogP contribution in [-0.4, -0.2) is 0 Å². The Bertz CT molecular complexity index is 639. The van der Waals surface area contributed by atoms with Crippen LogP contribution in [0.25, 0.3) is 21.9 Å². The molecule has 0 saturated heterocycles. The molecule has 2 heteroatoms. The Morgan fingerprint density at radius 3 is 1.33 bits per heavy atom. The Morgan fingerprint density at radius 2 is 0.952 bits per heavy atom. The van der Waals surface area contributed by atoms with Crippen molar-refractivity contribution in [3.8, 4) is 0 Å². The summed E-state index contributed by atoms with van der Waals surface area (Å²) < 4.78 is 5.63. The number of fused-ring (bicyclic) bond motifs is 2. The minimum absolute atomic E-state index is 0.0347. The maximum absolute atomic E-state index is 12.0. The Hall–Kier alpha value is -2.09. The van der Waals surface area contributed by atoms with Gasteiger partial charge in [0.2, 0.25) is 5.43 Å². The molecule has 1 aromatic heterocycles. The molecular weight excluding hydrogens is 260 g/mol. The normalized spacial score (nSPS) is 8.67. The lowest BCUT2D eigenvalue weighted by molar-refractivity contribution is 0.660. The van der Waals surface area contributed by atoms with E-state index in [1.54, 1.807) is 12.1 Å². The molecular formula is C19H26O2. The molecule has 1 heterocycles. The fourth-order valence-corrected chi connectivity index (χ4v) is 1.75. The Balaban J connectivity index is 0.000000598. The molecule has 0 aliphatic carbocycles. The first-order chi connectivity index (χ1) is 10.4. The molecule has 0 fully saturated rings. The van der Waals surface area contributed by atoms with Crippen LogP contribution in [0.15, 0.2) is 57.7 Å². The molecule has 3 aromatic rings. The fourth-order valence-electron chi connectivity index (χ4n) is 1.75. The van der Waals surface area contributed by atoms with E-state index in [2.05, 4.69) is 0 Å². The molecule has 21 heavy (non-hydrogen) atoms. The van der Waals surface area contributed by atoms with Gasteiger partial charge in [0.05, 0.1) is 10.8 Å². The molecule has 0 spiro atoms. The van der Waals surface area contributed by atoms with Gasteiger partial charge in [0.25, 0.3) is 0 Å². The zero-order valence-electron chi connectivity index (χ0n) is 13.9. The number of rotatable bonds is 0. The standard InChI is InChI=1S/C13H8O2.3C2H6/c14-13-9-5-1-3-7-11(9)15-12-8-4-2-6-10(12)13;3*1-2/h1-8H;3*1-2H3. The molecule has 3 rings (SSSR count). The van der Waals surface area contributed by atoms with E-state index in [-0.39, 0.29) is 5.43 Å². The summed E-state index contributed by atoms with van der Waals surface area (Å²) in [5, 5.41) is 1.27. The van der Waals surface area contributed by atoms with Crippen molar-refractivity contribution in [3.05, 3.63) is 58.8 Å². The first-order valence-electron chi connectivity index (χ1n) is 7.77. The predicted molar refractivity (Wildman–Crippen MR) is 94.0 cm³/mol. The van der Waals surface area contributed by atoms with Gasteiger partial charge < -0.3 is 4.42 Å². The lowest BCUT2D eigenvalue weighted by Crippen LogP contribution is -2.01. The van der Waals surface area contributed by atoms with E-state index in [4.69, 9.17) is 4.42 Å². The number of hydrogen-bond acceptors (Lipinski definition) is 2. The van der Waals surface area contributed by atoms with Crippen molar-refractivity contribution >= 4 is 21.9 Å². The second-order valence-electron chi connectivity index (χ2n) is 3.42. The molecule has 0 unspecified atom stereocenters. The van der Waals surface area contributed by atoms with Crippen LogP contribution in [0.3, 0.4) is 0 Å². The average Bonchev–Trinajstić information content (AvgIpc) is 2.61. The number of hydrogen-bond donors (Lipinski definition) is 0. The molecule has 0 bridgehead atoms. The summed E-state index contributed by atoms with van der Waals surface area (Å²) in [6, 6.07) is 14.6. The number of benzene rings is 2. The Labute approximate surface area is 127 Å². The van der Waals surface area contributed by atoms with Gasteiger partial charge in [-0.1, -0.05) is 65.8 Å². The van der Waals surface area contributed by atoms with Crippen LogP contribution < -0.4 is 5.43 Å². The van der Waals surface area contributed by atoms with Gasteiger partial charge in [-0.2, -0.15) is 0 Å². The quantitative estimate of drug-likeness (QED) is 0.473. The van der Waals surface area contributed by atoms with E-state index in [1.807, 2.05) is 77.9 Å². The zero-order chi connectivity index (χ0) is 16.3. The maximum atomic E-state index is 12.0. The Kier molecular flexibility index (Phi) is 9.61. The monoisotopic (exact) mass is 286 g/mol. The van der Waals surface area contributed by atoms with Gasteiger partial charge in [-0.25, -0.2) is 0 Å². The minimum atomic E-state index is 0.0347. The first kappa shape index (κ1) is 18.9. The molecule has 0 aliphatic heterocycles. The summed E-state index contributed by atoms with van der Waals surface area (Å²) >= 11 is 0. The van der Waals surface area contributed by atoms with Crippen LogP contribution in [-0.2, 0) is 0 Å². The van der Waals surface area contributed by atoms with Gasteiger partial charge in [0.15, 0.2) is 0 Å². The van der Waals surface area contributed by atoms with Crippen LogP contribution in [0.1, 0.15) is 41.5 Å². The summed E-state index contributed by atoms with van der Waals surface area (Å²) in [7, 11) is 0.